The maximum Gasteiger partial charge on any atom is 0.248 e. The Morgan fingerprint density at radius 1 is 1.32 bits per heavy atom. The first kappa shape index (κ1) is 17.1. The Morgan fingerprint density at radius 2 is 1.95 bits per heavy atom. The molecule has 1 fully saturated rings. The number of nitrogens with zero attached hydrogens (tertiary/aromatic N) is 2. The average Bonchev–Trinajstić information content (AvgIpc) is 2.50. The van der Waals surface area contributed by atoms with Crippen LogP contribution in [0, 0.1) is 5.82 Å². The fourth-order valence-electron chi connectivity index (χ4n) is 2.18. The molecule has 0 spiro atoms. The molecule has 122 valence electrons. The van der Waals surface area contributed by atoms with E-state index in [-0.39, 0.29) is 48.6 Å². The summed E-state index contributed by atoms with van der Waals surface area (Å²) in [5.41, 5.74) is 0. The van der Waals surface area contributed by atoms with Crippen LogP contribution >= 0.6 is 11.6 Å². The zero-order valence-electron chi connectivity index (χ0n) is 12.0. The summed E-state index contributed by atoms with van der Waals surface area (Å²) < 4.78 is 44.1. The molecule has 0 N–H and O–H groups in total. The molecule has 1 aliphatic rings. The van der Waals surface area contributed by atoms with Gasteiger partial charge in [0.15, 0.2) is 0 Å². The third-order valence-corrected chi connectivity index (χ3v) is 5.57. The summed E-state index contributed by atoms with van der Waals surface area (Å²) in [6.07, 6.45) is 0. The molecule has 0 radical (unpaired) electrons. The first-order chi connectivity index (χ1) is 10.4. The minimum atomic E-state index is -3.75. The van der Waals surface area contributed by atoms with Crippen molar-refractivity contribution < 1.29 is 22.3 Å². The van der Waals surface area contributed by atoms with Crippen molar-refractivity contribution in [3.63, 3.8) is 0 Å². The number of rotatable bonds is 4. The Hall–Kier alpha value is -1.22. The van der Waals surface area contributed by atoms with Gasteiger partial charge < -0.3 is 9.64 Å². The Bertz CT molecular complexity index is 660. The molecule has 1 aromatic rings. The number of halogens is 2. The number of hydrogen-bond donors (Lipinski definition) is 0. The van der Waals surface area contributed by atoms with Gasteiger partial charge in [-0.05, 0) is 18.2 Å². The lowest BCUT2D eigenvalue weighted by atomic mass is 10.3. The quantitative estimate of drug-likeness (QED) is 0.811. The van der Waals surface area contributed by atoms with Crippen molar-refractivity contribution >= 4 is 27.5 Å². The van der Waals surface area contributed by atoms with Crippen LogP contribution in [0.2, 0.25) is 5.02 Å². The van der Waals surface area contributed by atoms with Crippen LogP contribution in [0.1, 0.15) is 0 Å². The predicted molar refractivity (Wildman–Crippen MR) is 78.6 cm³/mol. The smallest absolute Gasteiger partial charge is 0.248 e. The van der Waals surface area contributed by atoms with Gasteiger partial charge in [-0.2, -0.15) is 4.31 Å². The molecule has 0 atom stereocenters. The van der Waals surface area contributed by atoms with Crippen LogP contribution in [-0.2, 0) is 19.6 Å². The van der Waals surface area contributed by atoms with E-state index in [4.69, 9.17) is 16.3 Å². The number of benzene rings is 1. The molecule has 1 aromatic carbocycles. The molecule has 0 unspecified atom stereocenters. The van der Waals surface area contributed by atoms with Gasteiger partial charge >= 0.3 is 0 Å². The van der Waals surface area contributed by atoms with Crippen LogP contribution in [0.4, 0.5) is 4.39 Å². The van der Waals surface area contributed by atoms with Gasteiger partial charge in [0.25, 0.3) is 0 Å². The van der Waals surface area contributed by atoms with E-state index in [2.05, 4.69) is 0 Å². The van der Waals surface area contributed by atoms with Crippen LogP contribution in [0.15, 0.2) is 23.1 Å². The maximum absolute atomic E-state index is 13.1. The molecule has 2 rings (SSSR count). The van der Waals surface area contributed by atoms with Crippen molar-refractivity contribution in [1.29, 1.82) is 0 Å². The van der Waals surface area contributed by atoms with Crippen molar-refractivity contribution in [2.45, 2.75) is 4.90 Å². The van der Waals surface area contributed by atoms with Crippen LogP contribution in [0.25, 0.3) is 0 Å². The zero-order chi connectivity index (χ0) is 16.3. The summed E-state index contributed by atoms with van der Waals surface area (Å²) in [7, 11) is -2.32. The number of sulfonamides is 1. The minimum absolute atomic E-state index is 0.0275. The summed E-state index contributed by atoms with van der Waals surface area (Å²) in [4.78, 5) is 13.2. The monoisotopic (exact) mass is 350 g/mol. The van der Waals surface area contributed by atoms with Crippen molar-refractivity contribution in [2.24, 2.45) is 0 Å². The standard InChI is InChI=1S/C13H16ClFN2O4S/c1-21-9-13(18)16-4-6-17(7-5-16)22(19,20)10-2-3-12(15)11(14)8-10/h2-3,8H,4-7,9H2,1H3. The molecular formula is C13H16ClFN2O4S. The van der Waals surface area contributed by atoms with Gasteiger partial charge in [0, 0.05) is 33.3 Å². The van der Waals surface area contributed by atoms with Crippen molar-refractivity contribution in [1.82, 2.24) is 9.21 Å². The number of amides is 1. The second-order valence-corrected chi connectivity index (χ2v) is 7.14. The Kier molecular flexibility index (Phi) is 5.38. The third kappa shape index (κ3) is 3.57. The number of carbonyl (C=O) groups is 1. The van der Waals surface area contributed by atoms with E-state index in [0.29, 0.717) is 0 Å². The van der Waals surface area contributed by atoms with Gasteiger partial charge in [-0.3, -0.25) is 4.79 Å². The van der Waals surface area contributed by atoms with Gasteiger partial charge in [-0.25, -0.2) is 12.8 Å². The molecule has 1 amide bonds. The molecule has 0 saturated carbocycles. The highest BCUT2D eigenvalue weighted by atomic mass is 35.5. The van der Waals surface area contributed by atoms with Crippen molar-refractivity contribution in [3.05, 3.63) is 29.0 Å². The number of carbonyl (C=O) groups excluding carboxylic acids is 1. The summed E-state index contributed by atoms with van der Waals surface area (Å²) in [6.45, 7) is 0.895. The fourth-order valence-corrected chi connectivity index (χ4v) is 3.87. The van der Waals surface area contributed by atoms with Gasteiger partial charge in [-0.1, -0.05) is 11.6 Å². The minimum Gasteiger partial charge on any atom is -0.375 e. The normalized spacial score (nSPS) is 16.8. The molecule has 1 saturated heterocycles. The van der Waals surface area contributed by atoms with Gasteiger partial charge in [0.2, 0.25) is 15.9 Å². The van der Waals surface area contributed by atoms with Crippen molar-refractivity contribution in [2.75, 3.05) is 39.9 Å². The number of hydrogen-bond acceptors (Lipinski definition) is 4. The molecule has 6 nitrogen and oxygen atoms in total. The van der Waals surface area contributed by atoms with E-state index in [0.717, 1.165) is 12.1 Å². The molecule has 22 heavy (non-hydrogen) atoms. The Balaban J connectivity index is 2.09. The molecular weight excluding hydrogens is 335 g/mol. The van der Waals surface area contributed by atoms with Gasteiger partial charge in [0.05, 0.1) is 9.92 Å². The SMILES string of the molecule is COCC(=O)N1CCN(S(=O)(=O)c2ccc(F)c(Cl)c2)CC1. The second kappa shape index (κ2) is 6.91. The highest BCUT2D eigenvalue weighted by Crippen LogP contribution is 2.23. The highest BCUT2D eigenvalue weighted by Gasteiger charge is 2.30. The van der Waals surface area contributed by atoms with Crippen molar-refractivity contribution in [3.8, 4) is 0 Å². The number of piperazine rings is 1. The van der Waals surface area contributed by atoms with Crippen LogP contribution in [-0.4, -0.2) is 63.4 Å². The summed E-state index contributed by atoms with van der Waals surface area (Å²) >= 11 is 5.63. The van der Waals surface area contributed by atoms with E-state index in [1.54, 1.807) is 4.90 Å². The van der Waals surface area contributed by atoms with Gasteiger partial charge in [-0.15, -0.1) is 0 Å². The number of ether oxygens (including phenoxy) is 1. The molecule has 0 bridgehead atoms. The summed E-state index contributed by atoms with van der Waals surface area (Å²) in [6, 6.07) is 3.29. The summed E-state index contributed by atoms with van der Waals surface area (Å²) in [5.74, 6) is -0.847. The van der Waals surface area contributed by atoms with Crippen LogP contribution < -0.4 is 0 Å². The number of methoxy groups -OCH3 is 1. The van der Waals surface area contributed by atoms with E-state index in [9.17, 15) is 17.6 Å². The lowest BCUT2D eigenvalue weighted by Crippen LogP contribution is -2.51. The molecule has 1 heterocycles. The molecule has 0 aliphatic carbocycles. The summed E-state index contributed by atoms with van der Waals surface area (Å²) in [5, 5.41) is -0.241. The second-order valence-electron chi connectivity index (χ2n) is 4.79. The fraction of sp³-hybridized carbons (Fsp3) is 0.462. The predicted octanol–water partition coefficient (Wildman–Crippen LogP) is 0.958. The Morgan fingerprint density at radius 3 is 2.50 bits per heavy atom. The Labute approximate surface area is 133 Å². The lowest BCUT2D eigenvalue weighted by molar-refractivity contribution is -0.136. The molecule has 9 heteroatoms. The van der Waals surface area contributed by atoms with E-state index in [1.807, 2.05) is 0 Å². The third-order valence-electron chi connectivity index (χ3n) is 3.39. The molecule has 0 aromatic heterocycles. The largest absolute Gasteiger partial charge is 0.375 e. The first-order valence-electron chi connectivity index (χ1n) is 6.58. The van der Waals surface area contributed by atoms with Crippen LogP contribution in [0.5, 0.6) is 0 Å². The lowest BCUT2D eigenvalue weighted by Gasteiger charge is -2.33. The average molecular weight is 351 g/mol. The van der Waals surface area contributed by atoms with E-state index < -0.39 is 15.8 Å². The van der Waals surface area contributed by atoms with E-state index >= 15 is 0 Å². The molecule has 1 aliphatic heterocycles. The zero-order valence-corrected chi connectivity index (χ0v) is 13.5. The van der Waals surface area contributed by atoms with Gasteiger partial charge in [0.1, 0.15) is 12.4 Å². The van der Waals surface area contributed by atoms with Crippen LogP contribution in [0.3, 0.4) is 0 Å². The van der Waals surface area contributed by atoms with E-state index in [1.165, 1.54) is 17.5 Å². The maximum atomic E-state index is 13.1. The first-order valence-corrected chi connectivity index (χ1v) is 8.40. The highest BCUT2D eigenvalue weighted by molar-refractivity contribution is 7.89. The topological polar surface area (TPSA) is 66.9 Å².